The number of hydrogen-bond donors (Lipinski definition) is 0. The topological polar surface area (TPSA) is 72.4 Å². The van der Waals surface area contributed by atoms with Crippen LogP contribution in [0.4, 0.5) is 0 Å². The monoisotopic (exact) mass is 262 g/mol. The van der Waals surface area contributed by atoms with Crippen LogP contribution >= 0.6 is 7.60 Å². The van der Waals surface area contributed by atoms with E-state index in [2.05, 4.69) is 0 Å². The summed E-state index contributed by atoms with van der Waals surface area (Å²) in [5.41, 5.74) is 0.328. The molecule has 0 N–H and O–H groups in total. The van der Waals surface area contributed by atoms with E-state index >= 15 is 0 Å². The lowest BCUT2D eigenvalue weighted by Crippen LogP contribution is -2.24. The van der Waals surface area contributed by atoms with Crippen molar-refractivity contribution in [1.29, 1.82) is 0 Å². The average molecular weight is 262 g/mol. The smallest absolute Gasteiger partial charge is 0.149 e. The van der Waals surface area contributed by atoms with E-state index in [-0.39, 0.29) is 0 Å². The summed E-state index contributed by atoms with van der Waals surface area (Å²) in [5, 5.41) is 0. The fraction of sp³-hybridized carbons (Fsp3) is 0.0769. The Morgan fingerprint density at radius 2 is 1.39 bits per heavy atom. The summed E-state index contributed by atoms with van der Waals surface area (Å²) >= 11 is 0. The molecule has 0 fully saturated rings. The Hall–Kier alpha value is -1.61. The molecule has 0 heterocycles. The maximum atomic E-state index is 11.3. The normalized spacial score (nSPS) is 13.0. The SMILES string of the molecule is O=P([O-])([O-])C(Oc1ccccc1)c1ccccc1. The van der Waals surface area contributed by atoms with Crippen LogP contribution in [-0.2, 0) is 4.57 Å². The zero-order chi connectivity index (χ0) is 13.0. The minimum atomic E-state index is -4.89. The van der Waals surface area contributed by atoms with Crippen LogP contribution in [0.25, 0.3) is 0 Å². The summed E-state index contributed by atoms with van der Waals surface area (Å²) in [5.74, 6) is -1.15. The fourth-order valence-corrected chi connectivity index (χ4v) is 2.35. The number of ether oxygens (including phenoxy) is 1. The maximum absolute atomic E-state index is 11.3. The Kier molecular flexibility index (Phi) is 3.82. The molecule has 2 rings (SSSR count). The second-order valence-electron chi connectivity index (χ2n) is 3.73. The first-order chi connectivity index (χ1) is 8.57. The number of hydrogen-bond acceptors (Lipinski definition) is 4. The highest BCUT2D eigenvalue weighted by molar-refractivity contribution is 7.49. The van der Waals surface area contributed by atoms with Crippen molar-refractivity contribution in [2.75, 3.05) is 0 Å². The summed E-state index contributed by atoms with van der Waals surface area (Å²) in [7, 11) is -4.89. The summed E-state index contributed by atoms with van der Waals surface area (Å²) in [6.45, 7) is 0. The molecule has 0 aliphatic carbocycles. The first-order valence-corrected chi connectivity index (χ1v) is 6.97. The van der Waals surface area contributed by atoms with Crippen molar-refractivity contribution in [3.8, 4) is 5.75 Å². The molecule has 0 aliphatic heterocycles. The number of rotatable bonds is 4. The van der Waals surface area contributed by atoms with E-state index in [0.29, 0.717) is 11.3 Å². The standard InChI is InChI=1S/C13H13O4P/c14-18(15,16)13(11-7-3-1-4-8-11)17-12-9-5-2-6-10-12/h1-10,13H,(H2,14,15,16)/p-2. The Labute approximate surface area is 105 Å². The van der Waals surface area contributed by atoms with Gasteiger partial charge in [-0.15, -0.1) is 0 Å². The zero-order valence-electron chi connectivity index (χ0n) is 9.43. The molecule has 2 aromatic rings. The summed E-state index contributed by atoms with van der Waals surface area (Å²) in [6.07, 6.45) is 0. The van der Waals surface area contributed by atoms with Gasteiger partial charge in [-0.25, -0.2) is 0 Å². The van der Waals surface area contributed by atoms with Crippen molar-refractivity contribution in [2.24, 2.45) is 0 Å². The van der Waals surface area contributed by atoms with Crippen molar-refractivity contribution in [3.05, 3.63) is 66.2 Å². The largest absolute Gasteiger partial charge is 0.808 e. The first kappa shape index (κ1) is 12.8. The Morgan fingerprint density at radius 3 is 1.89 bits per heavy atom. The van der Waals surface area contributed by atoms with Gasteiger partial charge in [-0.1, -0.05) is 48.5 Å². The molecular weight excluding hydrogens is 251 g/mol. The summed E-state index contributed by atoms with van der Waals surface area (Å²) in [4.78, 5) is 22.6. The van der Waals surface area contributed by atoms with Gasteiger partial charge < -0.3 is 19.1 Å². The molecular formula is C13H11O4P-2. The van der Waals surface area contributed by atoms with Gasteiger partial charge >= 0.3 is 0 Å². The van der Waals surface area contributed by atoms with Crippen LogP contribution in [0.3, 0.4) is 0 Å². The lowest BCUT2D eigenvalue weighted by atomic mass is 10.2. The van der Waals surface area contributed by atoms with Gasteiger partial charge in [0.2, 0.25) is 0 Å². The number of benzene rings is 2. The predicted molar refractivity (Wildman–Crippen MR) is 63.9 cm³/mol. The van der Waals surface area contributed by atoms with Crippen LogP contribution in [0.1, 0.15) is 11.4 Å². The summed E-state index contributed by atoms with van der Waals surface area (Å²) in [6, 6.07) is 16.6. The fourth-order valence-electron chi connectivity index (χ4n) is 1.56. The molecule has 0 saturated heterocycles. The van der Waals surface area contributed by atoms with Crippen molar-refractivity contribution >= 4 is 7.60 Å². The van der Waals surface area contributed by atoms with Crippen molar-refractivity contribution in [3.63, 3.8) is 0 Å². The molecule has 18 heavy (non-hydrogen) atoms. The van der Waals surface area contributed by atoms with Gasteiger partial charge in [0, 0.05) is 0 Å². The molecule has 0 aromatic heterocycles. The van der Waals surface area contributed by atoms with Gasteiger partial charge in [-0.05, 0) is 25.3 Å². The van der Waals surface area contributed by atoms with Crippen molar-refractivity contribution in [1.82, 2.24) is 0 Å². The molecule has 0 radical (unpaired) electrons. The van der Waals surface area contributed by atoms with Crippen LogP contribution in [0.15, 0.2) is 60.7 Å². The second kappa shape index (κ2) is 5.36. The molecule has 1 atom stereocenters. The van der Waals surface area contributed by atoms with E-state index < -0.39 is 13.4 Å². The van der Waals surface area contributed by atoms with E-state index in [1.54, 1.807) is 60.7 Å². The molecule has 0 saturated carbocycles. The van der Waals surface area contributed by atoms with Crippen LogP contribution in [-0.4, -0.2) is 0 Å². The van der Waals surface area contributed by atoms with Gasteiger partial charge in [0.05, 0.1) is 0 Å². The molecule has 0 amide bonds. The second-order valence-corrected chi connectivity index (χ2v) is 5.28. The molecule has 2 aromatic carbocycles. The highest BCUT2D eigenvalue weighted by atomic mass is 31.2. The van der Waals surface area contributed by atoms with Gasteiger partial charge in [0.15, 0.2) is 0 Å². The van der Waals surface area contributed by atoms with E-state index in [1.807, 2.05) is 0 Å². The highest BCUT2D eigenvalue weighted by Gasteiger charge is 2.17. The van der Waals surface area contributed by atoms with Crippen LogP contribution in [0.5, 0.6) is 5.75 Å². The molecule has 5 heteroatoms. The van der Waals surface area contributed by atoms with Gasteiger partial charge in [0.1, 0.15) is 11.6 Å². The molecule has 1 unspecified atom stereocenters. The van der Waals surface area contributed by atoms with Crippen molar-refractivity contribution in [2.45, 2.75) is 5.85 Å². The molecule has 4 nitrogen and oxygen atoms in total. The third-order valence-corrected chi connectivity index (χ3v) is 3.34. The number of para-hydroxylation sites is 1. The molecule has 0 aliphatic rings. The van der Waals surface area contributed by atoms with E-state index in [1.165, 1.54) is 0 Å². The summed E-state index contributed by atoms with van der Waals surface area (Å²) < 4.78 is 16.6. The van der Waals surface area contributed by atoms with E-state index in [9.17, 15) is 14.4 Å². The highest BCUT2D eigenvalue weighted by Crippen LogP contribution is 2.45. The van der Waals surface area contributed by atoms with Crippen LogP contribution < -0.4 is 14.5 Å². The Morgan fingerprint density at radius 1 is 0.889 bits per heavy atom. The van der Waals surface area contributed by atoms with Crippen LogP contribution in [0.2, 0.25) is 0 Å². The Bertz CT molecular complexity index is 535. The lowest BCUT2D eigenvalue weighted by molar-refractivity contribution is -0.321. The average Bonchev–Trinajstić information content (AvgIpc) is 2.37. The third kappa shape index (κ3) is 3.20. The molecule has 94 valence electrons. The van der Waals surface area contributed by atoms with Gasteiger partial charge in [-0.2, -0.15) is 0 Å². The van der Waals surface area contributed by atoms with E-state index in [0.717, 1.165) is 0 Å². The third-order valence-electron chi connectivity index (χ3n) is 2.36. The zero-order valence-corrected chi connectivity index (χ0v) is 10.3. The predicted octanol–water partition coefficient (Wildman–Crippen LogP) is 1.68. The van der Waals surface area contributed by atoms with Crippen LogP contribution in [0, 0.1) is 0 Å². The quantitative estimate of drug-likeness (QED) is 0.786. The lowest BCUT2D eigenvalue weighted by Gasteiger charge is -2.38. The molecule has 0 bridgehead atoms. The minimum absolute atomic E-state index is 0.328. The minimum Gasteiger partial charge on any atom is -0.808 e. The maximum Gasteiger partial charge on any atom is 0.149 e. The van der Waals surface area contributed by atoms with Crippen molar-refractivity contribution < 1.29 is 19.1 Å². The van der Waals surface area contributed by atoms with Gasteiger partial charge in [-0.3, -0.25) is 0 Å². The molecule has 0 spiro atoms. The van der Waals surface area contributed by atoms with E-state index in [4.69, 9.17) is 4.74 Å². The Balaban J connectivity index is 2.31. The first-order valence-electron chi connectivity index (χ1n) is 5.36. The van der Waals surface area contributed by atoms with Gasteiger partial charge in [0.25, 0.3) is 0 Å².